The molecular weight excluding hydrogens is 713 g/mol. The fraction of sp³-hybridized carbons (Fsp3) is 0.364. The molecule has 296 valence electrons. The average molecular weight is 765 g/mol. The summed E-state index contributed by atoms with van der Waals surface area (Å²) in [7, 11) is 13.5. The minimum absolute atomic E-state index is 0.174. The molecule has 0 spiro atoms. The third-order valence-electron chi connectivity index (χ3n) is 9.59. The van der Waals surface area contributed by atoms with E-state index in [0.717, 1.165) is 44.5 Å². The molecule has 0 atom stereocenters. The molecule has 12 nitrogen and oxygen atoms in total. The van der Waals surface area contributed by atoms with Crippen molar-refractivity contribution in [3.8, 4) is 23.0 Å². The predicted molar refractivity (Wildman–Crippen MR) is 214 cm³/mol. The maximum Gasteiger partial charge on any atom is 0.259 e. The van der Waals surface area contributed by atoms with E-state index in [9.17, 15) is 19.2 Å². The largest absolute Gasteiger partial charge is 0.483 e. The second-order valence-corrected chi connectivity index (χ2v) is 14.6. The Morgan fingerprint density at radius 3 is 0.661 bits per heavy atom. The van der Waals surface area contributed by atoms with Crippen LogP contribution in [0.25, 0.3) is 0 Å². The van der Waals surface area contributed by atoms with E-state index in [2.05, 4.69) is 0 Å². The predicted octanol–water partition coefficient (Wildman–Crippen LogP) is 4.23. The van der Waals surface area contributed by atoms with Crippen LogP contribution in [0, 0.1) is 0 Å². The van der Waals surface area contributed by atoms with Gasteiger partial charge in [0, 0.05) is 82.1 Å². The molecule has 4 aromatic carbocycles. The number of nitrogens with zero attached hydrogens (tertiary/aromatic N) is 4. The van der Waals surface area contributed by atoms with Gasteiger partial charge in [0.05, 0.1) is 0 Å². The van der Waals surface area contributed by atoms with Crippen molar-refractivity contribution in [2.24, 2.45) is 0 Å². The highest BCUT2D eigenvalue weighted by Gasteiger charge is 2.23. The molecule has 0 aliphatic heterocycles. The molecule has 4 aromatic rings. The Labute approximate surface area is 329 Å². The Morgan fingerprint density at radius 2 is 0.518 bits per heavy atom. The number of amides is 4. The molecular formula is C44H52N4O8. The van der Waals surface area contributed by atoms with E-state index in [1.54, 1.807) is 56.4 Å². The van der Waals surface area contributed by atoms with E-state index in [1.165, 1.54) is 19.6 Å². The first kappa shape index (κ1) is 41.1. The Hall–Kier alpha value is -6.04. The Morgan fingerprint density at radius 1 is 0.357 bits per heavy atom. The lowest BCUT2D eigenvalue weighted by Crippen LogP contribution is -2.28. The van der Waals surface area contributed by atoms with Crippen LogP contribution in [0.5, 0.6) is 23.0 Å². The quantitative estimate of drug-likeness (QED) is 0.185. The highest BCUT2D eigenvalue weighted by Crippen LogP contribution is 2.39. The van der Waals surface area contributed by atoms with Gasteiger partial charge in [-0.25, -0.2) is 0 Å². The van der Waals surface area contributed by atoms with Crippen LogP contribution in [0.1, 0.15) is 44.5 Å². The molecule has 1 aliphatic carbocycles. The van der Waals surface area contributed by atoms with Crippen LogP contribution in [0.2, 0.25) is 0 Å². The maximum absolute atomic E-state index is 12.9. The molecule has 5 rings (SSSR count). The van der Waals surface area contributed by atoms with Crippen molar-refractivity contribution in [1.29, 1.82) is 0 Å². The molecule has 0 heterocycles. The van der Waals surface area contributed by atoms with Crippen LogP contribution in [0.15, 0.2) is 72.8 Å². The van der Waals surface area contributed by atoms with Crippen LogP contribution in [0.3, 0.4) is 0 Å². The van der Waals surface area contributed by atoms with E-state index in [0.29, 0.717) is 48.7 Å². The fourth-order valence-corrected chi connectivity index (χ4v) is 6.28. The van der Waals surface area contributed by atoms with Gasteiger partial charge in [0.1, 0.15) is 23.0 Å². The Balaban J connectivity index is 1.75. The number of fused-ring (bicyclic) bond motifs is 8. The van der Waals surface area contributed by atoms with Crippen molar-refractivity contribution in [2.45, 2.75) is 25.7 Å². The molecule has 0 aromatic heterocycles. The Bertz CT molecular complexity index is 1700. The van der Waals surface area contributed by atoms with Crippen LogP contribution in [-0.2, 0) is 44.9 Å². The smallest absolute Gasteiger partial charge is 0.259 e. The number of hydrogen-bond acceptors (Lipinski definition) is 8. The lowest BCUT2D eigenvalue weighted by Gasteiger charge is -2.23. The van der Waals surface area contributed by atoms with Gasteiger partial charge in [0.15, 0.2) is 26.4 Å². The first-order chi connectivity index (χ1) is 26.7. The summed E-state index contributed by atoms with van der Waals surface area (Å²) in [6.45, 7) is -0.698. The van der Waals surface area contributed by atoms with Gasteiger partial charge in [0.25, 0.3) is 23.6 Å². The molecule has 0 N–H and O–H groups in total. The zero-order valence-corrected chi connectivity index (χ0v) is 33.6. The first-order valence-electron chi connectivity index (χ1n) is 18.5. The summed E-state index contributed by atoms with van der Waals surface area (Å²) in [6.07, 6.45) is 1.44. The zero-order valence-electron chi connectivity index (χ0n) is 33.6. The fourth-order valence-electron chi connectivity index (χ4n) is 6.28. The highest BCUT2D eigenvalue weighted by atomic mass is 16.5. The summed E-state index contributed by atoms with van der Waals surface area (Å²) in [6, 6.07) is 23.5. The SMILES string of the molecule is CN(C)C(=O)COc1c2cccc1Cc1cccc(c1OCC(=O)N(C)C)Cc1cccc(c1OCC(=O)N(C)C)Cc1cccc(c1OCC(=O)N(C)C)C2. The molecule has 12 heteroatoms. The number of para-hydroxylation sites is 4. The molecule has 4 amide bonds. The molecule has 0 unspecified atom stereocenters. The minimum Gasteiger partial charge on any atom is -0.483 e. The van der Waals surface area contributed by atoms with Gasteiger partial charge >= 0.3 is 0 Å². The van der Waals surface area contributed by atoms with Gasteiger partial charge in [0.2, 0.25) is 0 Å². The van der Waals surface area contributed by atoms with Gasteiger partial charge in [-0.05, 0) is 44.5 Å². The van der Waals surface area contributed by atoms with Gasteiger partial charge in [-0.15, -0.1) is 0 Å². The zero-order chi connectivity index (χ0) is 40.5. The summed E-state index contributed by atoms with van der Waals surface area (Å²) in [5, 5.41) is 0. The van der Waals surface area contributed by atoms with Crippen LogP contribution in [-0.4, -0.2) is 126 Å². The lowest BCUT2D eigenvalue weighted by atomic mass is 9.91. The molecule has 0 radical (unpaired) electrons. The number of carbonyl (C=O) groups is 4. The van der Waals surface area contributed by atoms with Crippen molar-refractivity contribution >= 4 is 23.6 Å². The van der Waals surface area contributed by atoms with E-state index in [1.807, 2.05) is 72.8 Å². The summed E-state index contributed by atoms with van der Waals surface area (Å²) in [5.41, 5.74) is 6.53. The number of likely N-dealkylation sites (N-methyl/N-ethyl adjacent to an activating group) is 4. The molecule has 0 saturated carbocycles. The summed E-state index contributed by atoms with van der Waals surface area (Å²) in [4.78, 5) is 57.4. The number of carbonyl (C=O) groups excluding carboxylic acids is 4. The third kappa shape index (κ3) is 10.2. The maximum atomic E-state index is 12.9. The highest BCUT2D eigenvalue weighted by molar-refractivity contribution is 5.79. The molecule has 0 fully saturated rings. The van der Waals surface area contributed by atoms with Gasteiger partial charge < -0.3 is 38.5 Å². The monoisotopic (exact) mass is 764 g/mol. The summed E-state index contributed by atoms with van der Waals surface area (Å²) < 4.78 is 25.6. The normalized spacial score (nSPS) is 11.9. The molecule has 8 bridgehead atoms. The van der Waals surface area contributed by atoms with E-state index in [4.69, 9.17) is 18.9 Å². The summed E-state index contributed by atoms with van der Waals surface area (Å²) >= 11 is 0. The minimum atomic E-state index is -0.194. The number of benzene rings is 4. The third-order valence-corrected chi connectivity index (χ3v) is 9.59. The first-order valence-corrected chi connectivity index (χ1v) is 18.5. The molecule has 56 heavy (non-hydrogen) atoms. The van der Waals surface area contributed by atoms with Gasteiger partial charge in [-0.3, -0.25) is 19.2 Å². The van der Waals surface area contributed by atoms with Crippen LogP contribution < -0.4 is 18.9 Å². The van der Waals surface area contributed by atoms with Gasteiger partial charge in [-0.1, -0.05) is 72.8 Å². The lowest BCUT2D eigenvalue weighted by molar-refractivity contribution is -0.131. The van der Waals surface area contributed by atoms with Crippen molar-refractivity contribution in [2.75, 3.05) is 82.8 Å². The molecule has 0 saturated heterocycles. The Kier molecular flexibility index (Phi) is 13.6. The number of rotatable bonds is 12. The number of ether oxygens (including phenoxy) is 4. The van der Waals surface area contributed by atoms with Crippen LogP contribution in [0.4, 0.5) is 0 Å². The number of hydrogen-bond donors (Lipinski definition) is 0. The van der Waals surface area contributed by atoms with E-state index in [-0.39, 0.29) is 50.1 Å². The van der Waals surface area contributed by atoms with Crippen LogP contribution >= 0.6 is 0 Å². The van der Waals surface area contributed by atoms with E-state index >= 15 is 0 Å². The van der Waals surface area contributed by atoms with E-state index < -0.39 is 0 Å². The standard InChI is InChI=1S/C44H52N4O8/c1-45(2)37(49)25-53-41-29-13-9-14-30(41)22-32-16-11-18-34(43(32)55-27-39(51)47(5)6)24-36-20-12-19-35(44(36)56-28-40(52)48(7)8)23-33-17-10-15-31(21-29)42(33)54-26-38(50)46(3)4/h9-20H,21-28H2,1-8H3. The molecule has 1 aliphatic rings. The van der Waals surface area contributed by atoms with Crippen molar-refractivity contribution < 1.29 is 38.1 Å². The van der Waals surface area contributed by atoms with Crippen molar-refractivity contribution in [3.05, 3.63) is 117 Å². The second kappa shape index (κ2) is 18.5. The second-order valence-electron chi connectivity index (χ2n) is 14.6. The van der Waals surface area contributed by atoms with Crippen molar-refractivity contribution in [1.82, 2.24) is 19.6 Å². The average Bonchev–Trinajstić information content (AvgIpc) is 3.15. The van der Waals surface area contributed by atoms with Gasteiger partial charge in [-0.2, -0.15) is 0 Å². The summed E-state index contributed by atoms with van der Waals surface area (Å²) in [5.74, 6) is 1.46. The topological polar surface area (TPSA) is 118 Å². The van der Waals surface area contributed by atoms with Crippen molar-refractivity contribution in [3.63, 3.8) is 0 Å².